The summed E-state index contributed by atoms with van der Waals surface area (Å²) in [7, 11) is 0. The molecule has 0 unspecified atom stereocenters. The van der Waals surface area contributed by atoms with Crippen LogP contribution in [0.25, 0.3) is 11.0 Å². The maximum atomic E-state index is 13.0. The Morgan fingerprint density at radius 3 is 1.88 bits per heavy atom. The highest BCUT2D eigenvalue weighted by Crippen LogP contribution is 2.53. The van der Waals surface area contributed by atoms with Crippen molar-refractivity contribution in [1.82, 2.24) is 0 Å². The normalized spacial score (nSPS) is 17.6. The van der Waals surface area contributed by atoms with Crippen LogP contribution in [0.15, 0.2) is 4.42 Å². The Hall–Kier alpha value is -1.97. The van der Waals surface area contributed by atoms with Crippen LogP contribution in [-0.4, -0.2) is 16.0 Å². The van der Waals surface area contributed by atoms with E-state index in [4.69, 9.17) is 4.42 Å². The number of furan rings is 1. The van der Waals surface area contributed by atoms with Gasteiger partial charge in [-0.25, -0.2) is 0 Å². The van der Waals surface area contributed by atoms with Crippen LogP contribution in [0, 0.1) is 5.41 Å². The second-order valence-corrected chi connectivity index (χ2v) is 10.5. The number of carbonyl (C=O) groups excluding carboxylic acids is 1. The zero-order valence-electron chi connectivity index (χ0n) is 17.1. The summed E-state index contributed by atoms with van der Waals surface area (Å²) >= 11 is 0. The summed E-state index contributed by atoms with van der Waals surface area (Å²) in [6.07, 6.45) is 1.11. The van der Waals surface area contributed by atoms with Crippen molar-refractivity contribution in [3.63, 3.8) is 0 Å². The number of phenols is 2. The van der Waals surface area contributed by atoms with Gasteiger partial charge in [-0.2, -0.15) is 0 Å². The number of hydrogen-bond donors (Lipinski definition) is 2. The molecule has 0 saturated carbocycles. The maximum Gasteiger partial charge on any atom is 0.167 e. The third-order valence-electron chi connectivity index (χ3n) is 5.21. The Morgan fingerprint density at radius 1 is 0.885 bits per heavy atom. The van der Waals surface area contributed by atoms with Crippen molar-refractivity contribution in [2.75, 3.05) is 0 Å². The molecule has 2 aromatic rings. The molecule has 4 heteroatoms. The molecule has 2 N–H and O–H groups in total. The van der Waals surface area contributed by atoms with Crippen LogP contribution >= 0.6 is 0 Å². The number of phenolic OH excluding ortho intramolecular Hbond substituents is 2. The number of rotatable bonds is 0. The van der Waals surface area contributed by atoms with Gasteiger partial charge < -0.3 is 14.6 Å². The molecule has 26 heavy (non-hydrogen) atoms. The Labute approximate surface area is 155 Å². The molecule has 1 aromatic carbocycles. The van der Waals surface area contributed by atoms with E-state index in [-0.39, 0.29) is 22.7 Å². The summed E-state index contributed by atoms with van der Waals surface area (Å²) in [5.41, 5.74) is 1.19. The van der Waals surface area contributed by atoms with Gasteiger partial charge in [0.05, 0.1) is 5.56 Å². The van der Waals surface area contributed by atoms with Gasteiger partial charge in [-0.05, 0) is 16.2 Å². The minimum Gasteiger partial charge on any atom is -0.504 e. The first-order valence-corrected chi connectivity index (χ1v) is 9.22. The Morgan fingerprint density at radius 2 is 1.38 bits per heavy atom. The molecule has 1 aliphatic rings. The van der Waals surface area contributed by atoms with Gasteiger partial charge in [0.2, 0.25) is 0 Å². The highest BCUT2D eigenvalue weighted by molar-refractivity contribution is 6.12. The van der Waals surface area contributed by atoms with Crippen molar-refractivity contribution in [3.05, 3.63) is 22.5 Å². The van der Waals surface area contributed by atoms with E-state index in [1.807, 2.05) is 41.5 Å². The van der Waals surface area contributed by atoms with Crippen molar-refractivity contribution in [1.29, 1.82) is 0 Å². The van der Waals surface area contributed by atoms with Gasteiger partial charge in [0.25, 0.3) is 0 Å². The largest absolute Gasteiger partial charge is 0.504 e. The van der Waals surface area contributed by atoms with Crippen molar-refractivity contribution < 1.29 is 19.4 Å². The molecule has 0 fully saturated rings. The molecule has 3 rings (SSSR count). The van der Waals surface area contributed by atoms with Crippen molar-refractivity contribution in [2.24, 2.45) is 5.41 Å². The van der Waals surface area contributed by atoms with E-state index in [2.05, 4.69) is 13.8 Å². The van der Waals surface area contributed by atoms with E-state index in [1.165, 1.54) is 0 Å². The van der Waals surface area contributed by atoms with Crippen LogP contribution in [0.4, 0.5) is 0 Å². The number of ketones is 1. The lowest BCUT2D eigenvalue weighted by Gasteiger charge is -2.29. The van der Waals surface area contributed by atoms with Crippen LogP contribution in [0.1, 0.15) is 89.1 Å². The van der Waals surface area contributed by atoms with Gasteiger partial charge in [-0.3, -0.25) is 4.79 Å². The Balaban J connectivity index is 2.57. The fourth-order valence-corrected chi connectivity index (χ4v) is 4.22. The van der Waals surface area contributed by atoms with Crippen LogP contribution < -0.4 is 0 Å². The number of carbonyl (C=O) groups is 1. The number of fused-ring (bicyclic) bond motifs is 3. The van der Waals surface area contributed by atoms with E-state index in [1.54, 1.807) is 0 Å². The maximum absolute atomic E-state index is 13.0. The molecule has 0 saturated heterocycles. The first-order chi connectivity index (χ1) is 11.6. The molecule has 4 nitrogen and oxygen atoms in total. The zero-order valence-corrected chi connectivity index (χ0v) is 17.1. The average molecular weight is 358 g/mol. The summed E-state index contributed by atoms with van der Waals surface area (Å²) < 4.78 is 6.23. The molecule has 0 bridgehead atoms. The van der Waals surface area contributed by atoms with E-state index in [9.17, 15) is 15.0 Å². The van der Waals surface area contributed by atoms with E-state index < -0.39 is 10.8 Å². The predicted octanol–water partition coefficient (Wildman–Crippen LogP) is 5.59. The topological polar surface area (TPSA) is 70.7 Å². The van der Waals surface area contributed by atoms with Crippen molar-refractivity contribution >= 4 is 16.8 Å². The zero-order chi connectivity index (χ0) is 19.8. The van der Waals surface area contributed by atoms with Crippen LogP contribution in [0.3, 0.4) is 0 Å². The molecule has 1 heterocycles. The van der Waals surface area contributed by atoms with Crippen LogP contribution in [0.5, 0.6) is 11.5 Å². The number of Topliss-reactive ketones (excluding diaryl/α,β-unsaturated/α-hetero) is 1. The van der Waals surface area contributed by atoms with Crippen molar-refractivity contribution in [2.45, 2.75) is 79.1 Å². The van der Waals surface area contributed by atoms with Gasteiger partial charge in [0.1, 0.15) is 11.3 Å². The molecule has 0 radical (unpaired) electrons. The van der Waals surface area contributed by atoms with Crippen LogP contribution in [-0.2, 0) is 17.3 Å². The first kappa shape index (κ1) is 18.8. The van der Waals surface area contributed by atoms with Gasteiger partial charge in [0, 0.05) is 29.4 Å². The Bertz CT molecular complexity index is 915. The third-order valence-corrected chi connectivity index (χ3v) is 5.21. The van der Waals surface area contributed by atoms with E-state index >= 15 is 0 Å². The van der Waals surface area contributed by atoms with Gasteiger partial charge >= 0.3 is 0 Å². The molecule has 0 spiro atoms. The minimum absolute atomic E-state index is 0.0467. The molecule has 0 amide bonds. The molecular weight excluding hydrogens is 328 g/mol. The quantitative estimate of drug-likeness (QED) is 0.602. The first-order valence-electron chi connectivity index (χ1n) is 9.22. The summed E-state index contributed by atoms with van der Waals surface area (Å²) in [5.74, 6) is 0.427. The fraction of sp³-hybridized carbons (Fsp3) is 0.591. The lowest BCUT2D eigenvalue weighted by Crippen LogP contribution is -2.26. The molecular formula is C22H30O4. The summed E-state index contributed by atoms with van der Waals surface area (Å²) in [5, 5.41) is 22.4. The lowest BCUT2D eigenvalue weighted by atomic mass is 9.73. The average Bonchev–Trinajstić information content (AvgIpc) is 2.72. The number of benzene rings is 1. The molecule has 1 aliphatic carbocycles. The molecule has 142 valence electrons. The highest BCUT2D eigenvalue weighted by atomic mass is 16.3. The molecule has 0 atom stereocenters. The number of aromatic hydroxyl groups is 2. The van der Waals surface area contributed by atoms with E-state index in [0.717, 1.165) is 0 Å². The monoisotopic (exact) mass is 358 g/mol. The third kappa shape index (κ3) is 2.70. The Kier molecular flexibility index (Phi) is 3.82. The van der Waals surface area contributed by atoms with Gasteiger partial charge in [-0.1, -0.05) is 55.4 Å². The van der Waals surface area contributed by atoms with Gasteiger partial charge in [-0.15, -0.1) is 0 Å². The highest BCUT2D eigenvalue weighted by Gasteiger charge is 2.41. The second-order valence-electron chi connectivity index (χ2n) is 10.5. The SMILES string of the molecule is CC1(C)CC(=O)c2c(oc3c(C(C)(C)C)c(O)c(O)c(C(C)(C)C)c23)C1. The number of hydrogen-bond acceptors (Lipinski definition) is 4. The molecule has 0 aliphatic heterocycles. The standard InChI is InChI=1S/C22H30O4/c1-20(2,3)15-14-13-11(23)9-22(7,8)10-12(13)26-19(14)16(21(4,5)6)18(25)17(15)24/h24-25H,9-10H2,1-8H3. The van der Waals surface area contributed by atoms with Crippen molar-refractivity contribution in [3.8, 4) is 11.5 Å². The summed E-state index contributed by atoms with van der Waals surface area (Å²) in [6.45, 7) is 15.9. The lowest BCUT2D eigenvalue weighted by molar-refractivity contribution is 0.0905. The predicted molar refractivity (Wildman–Crippen MR) is 103 cm³/mol. The van der Waals surface area contributed by atoms with Crippen LogP contribution in [0.2, 0.25) is 0 Å². The minimum atomic E-state index is -0.457. The second kappa shape index (κ2) is 5.28. The summed E-state index contributed by atoms with van der Waals surface area (Å²) in [4.78, 5) is 13.0. The smallest absolute Gasteiger partial charge is 0.167 e. The van der Waals surface area contributed by atoms with Gasteiger partial charge in [0.15, 0.2) is 17.3 Å². The molecule has 1 aromatic heterocycles. The fourth-order valence-electron chi connectivity index (χ4n) is 4.22. The summed E-state index contributed by atoms with van der Waals surface area (Å²) in [6, 6.07) is 0. The van der Waals surface area contributed by atoms with E-state index in [0.29, 0.717) is 46.3 Å².